The predicted molar refractivity (Wildman–Crippen MR) is 140 cm³/mol. The molecule has 0 saturated carbocycles. The van der Waals surface area contributed by atoms with Crippen molar-refractivity contribution >= 4 is 17.8 Å². The van der Waals surface area contributed by atoms with Crippen LogP contribution in [0.25, 0.3) is 11.1 Å². The Labute approximate surface area is 214 Å². The number of hydrogen-bond donors (Lipinski definition) is 2. The number of pyridine rings is 1. The number of carbonyl (C=O) groups is 3. The molecule has 2 N–H and O–H groups in total. The van der Waals surface area contributed by atoms with E-state index in [2.05, 4.69) is 24.1 Å². The fourth-order valence-electron chi connectivity index (χ4n) is 5.07. The molecular formula is C29H39N3O4. The van der Waals surface area contributed by atoms with Crippen LogP contribution in [0.5, 0.6) is 0 Å². The molecule has 1 aromatic carbocycles. The standard InChI is InChI=1S/C29H39N3O4/c1-18(2)12-24(32-17-29(5,6)11-10-25(32)33)28(36)31-23(14-26(34)35)21-13-22(16-30-15-21)27-19(3)8-7-9-20(27)4/h7-9,13,15-16,18,23-24H,10-12,14,17H2,1-6H3,(H,31,36)(H,34,35)/t23-,24?/m0/s1. The fourth-order valence-corrected chi connectivity index (χ4v) is 5.07. The van der Waals surface area contributed by atoms with Gasteiger partial charge in [0.1, 0.15) is 6.04 Å². The SMILES string of the molecule is Cc1cccc(C)c1-c1cncc([C@H](CC(=O)O)NC(=O)C(CC(C)C)N2CC(C)(C)CCC2=O)c1. The number of aryl methyl sites for hydroxylation is 2. The Bertz CT molecular complexity index is 1110. The number of carbonyl (C=O) groups excluding carboxylic acids is 2. The predicted octanol–water partition coefficient (Wildman–Crippen LogP) is 5.06. The van der Waals surface area contributed by atoms with Crippen LogP contribution in [0.3, 0.4) is 0 Å². The van der Waals surface area contributed by atoms with Gasteiger partial charge in [-0.1, -0.05) is 45.9 Å². The van der Waals surface area contributed by atoms with E-state index in [0.29, 0.717) is 24.9 Å². The molecule has 36 heavy (non-hydrogen) atoms. The van der Waals surface area contributed by atoms with Crippen LogP contribution in [0.2, 0.25) is 0 Å². The highest BCUT2D eigenvalue weighted by atomic mass is 16.4. The Balaban J connectivity index is 1.94. The van der Waals surface area contributed by atoms with Crippen molar-refractivity contribution in [1.29, 1.82) is 0 Å². The van der Waals surface area contributed by atoms with E-state index in [9.17, 15) is 19.5 Å². The second-order valence-corrected chi connectivity index (χ2v) is 11.3. The smallest absolute Gasteiger partial charge is 0.305 e. The minimum absolute atomic E-state index is 0.0244. The number of carboxylic acid groups (broad SMARTS) is 1. The Hall–Kier alpha value is -3.22. The van der Waals surface area contributed by atoms with Crippen molar-refractivity contribution in [3.05, 3.63) is 53.3 Å². The number of carboxylic acids is 1. The van der Waals surface area contributed by atoms with E-state index in [1.165, 1.54) is 0 Å². The summed E-state index contributed by atoms with van der Waals surface area (Å²) >= 11 is 0. The molecule has 3 rings (SSSR count). The lowest BCUT2D eigenvalue weighted by molar-refractivity contribution is -0.147. The zero-order valence-corrected chi connectivity index (χ0v) is 22.3. The summed E-state index contributed by atoms with van der Waals surface area (Å²) in [6, 6.07) is 6.54. The molecule has 1 saturated heterocycles. The lowest BCUT2D eigenvalue weighted by Gasteiger charge is -2.42. The number of aliphatic carboxylic acids is 1. The van der Waals surface area contributed by atoms with Crippen molar-refractivity contribution in [3.63, 3.8) is 0 Å². The second-order valence-electron chi connectivity index (χ2n) is 11.3. The summed E-state index contributed by atoms with van der Waals surface area (Å²) in [5.74, 6) is -1.18. The summed E-state index contributed by atoms with van der Waals surface area (Å²) < 4.78 is 0. The van der Waals surface area contributed by atoms with E-state index < -0.39 is 18.1 Å². The van der Waals surface area contributed by atoms with E-state index in [1.54, 1.807) is 17.3 Å². The minimum atomic E-state index is -1.02. The number of benzene rings is 1. The number of nitrogens with one attached hydrogen (secondary N) is 1. The summed E-state index contributed by atoms with van der Waals surface area (Å²) in [6.45, 7) is 12.8. The Kier molecular flexibility index (Phi) is 8.54. The first-order valence-electron chi connectivity index (χ1n) is 12.7. The normalized spacial score (nSPS) is 17.1. The first-order valence-corrected chi connectivity index (χ1v) is 12.7. The summed E-state index contributed by atoms with van der Waals surface area (Å²) in [7, 11) is 0. The van der Waals surface area contributed by atoms with Gasteiger partial charge in [0.25, 0.3) is 0 Å². The Morgan fingerprint density at radius 3 is 2.44 bits per heavy atom. The van der Waals surface area contributed by atoms with E-state index in [1.807, 2.05) is 52.0 Å². The average molecular weight is 494 g/mol. The van der Waals surface area contributed by atoms with Gasteiger partial charge in [-0.2, -0.15) is 0 Å². The van der Waals surface area contributed by atoms with Crippen molar-refractivity contribution in [2.75, 3.05) is 6.54 Å². The van der Waals surface area contributed by atoms with Crippen LogP contribution in [-0.2, 0) is 14.4 Å². The molecule has 1 aromatic heterocycles. The maximum absolute atomic E-state index is 13.6. The van der Waals surface area contributed by atoms with Crippen molar-refractivity contribution in [2.24, 2.45) is 11.3 Å². The Morgan fingerprint density at radius 2 is 1.83 bits per heavy atom. The summed E-state index contributed by atoms with van der Waals surface area (Å²) in [5, 5.41) is 12.6. The largest absolute Gasteiger partial charge is 0.481 e. The molecule has 7 nitrogen and oxygen atoms in total. The van der Waals surface area contributed by atoms with Gasteiger partial charge in [0, 0.05) is 30.9 Å². The number of nitrogens with zero attached hydrogens (tertiary/aromatic N) is 2. The highest BCUT2D eigenvalue weighted by Gasteiger charge is 2.39. The number of aromatic nitrogens is 1. The monoisotopic (exact) mass is 493 g/mol. The van der Waals surface area contributed by atoms with Crippen molar-refractivity contribution in [2.45, 2.75) is 79.3 Å². The molecule has 2 atom stereocenters. The number of rotatable bonds is 9. The maximum atomic E-state index is 13.6. The number of piperidine rings is 1. The van der Waals surface area contributed by atoms with E-state index in [4.69, 9.17) is 0 Å². The molecule has 2 aromatic rings. The third-order valence-electron chi connectivity index (χ3n) is 6.93. The maximum Gasteiger partial charge on any atom is 0.305 e. The highest BCUT2D eigenvalue weighted by molar-refractivity contribution is 5.88. The summed E-state index contributed by atoms with van der Waals surface area (Å²) in [4.78, 5) is 44.4. The van der Waals surface area contributed by atoms with Crippen molar-refractivity contribution < 1.29 is 19.5 Å². The van der Waals surface area contributed by atoms with Gasteiger partial charge >= 0.3 is 5.97 Å². The van der Waals surface area contributed by atoms with Gasteiger partial charge in [-0.05, 0) is 66.3 Å². The summed E-state index contributed by atoms with van der Waals surface area (Å²) in [6.07, 6.45) is 4.80. The van der Waals surface area contributed by atoms with E-state index in [-0.39, 0.29) is 29.6 Å². The van der Waals surface area contributed by atoms with E-state index in [0.717, 1.165) is 28.7 Å². The van der Waals surface area contributed by atoms with Crippen LogP contribution >= 0.6 is 0 Å². The molecular weight excluding hydrogens is 454 g/mol. The lowest BCUT2D eigenvalue weighted by atomic mass is 9.82. The van der Waals surface area contributed by atoms with Crippen LogP contribution in [0, 0.1) is 25.2 Å². The van der Waals surface area contributed by atoms with Gasteiger partial charge in [-0.25, -0.2) is 0 Å². The van der Waals surface area contributed by atoms with Gasteiger partial charge in [0.05, 0.1) is 12.5 Å². The average Bonchev–Trinajstić information content (AvgIpc) is 2.78. The van der Waals surface area contributed by atoms with Crippen LogP contribution in [0.4, 0.5) is 0 Å². The molecule has 1 fully saturated rings. The number of likely N-dealkylation sites (tertiary alicyclic amines) is 1. The zero-order valence-electron chi connectivity index (χ0n) is 22.3. The highest BCUT2D eigenvalue weighted by Crippen LogP contribution is 2.33. The van der Waals surface area contributed by atoms with Crippen LogP contribution in [0.1, 0.15) is 76.1 Å². The molecule has 194 valence electrons. The first kappa shape index (κ1) is 27.4. The minimum Gasteiger partial charge on any atom is -0.481 e. The van der Waals surface area contributed by atoms with Crippen LogP contribution in [-0.4, -0.2) is 45.4 Å². The molecule has 2 amide bonds. The molecule has 7 heteroatoms. The molecule has 1 aliphatic rings. The van der Waals surface area contributed by atoms with Gasteiger partial charge in [-0.15, -0.1) is 0 Å². The quantitative estimate of drug-likeness (QED) is 0.509. The van der Waals surface area contributed by atoms with Gasteiger partial charge < -0.3 is 15.3 Å². The van der Waals surface area contributed by atoms with Gasteiger partial charge in [-0.3, -0.25) is 19.4 Å². The van der Waals surface area contributed by atoms with Crippen LogP contribution < -0.4 is 5.32 Å². The number of hydrogen-bond acceptors (Lipinski definition) is 4. The molecule has 2 heterocycles. The second kappa shape index (κ2) is 11.2. The topological polar surface area (TPSA) is 99.6 Å². The third-order valence-corrected chi connectivity index (χ3v) is 6.93. The number of amides is 2. The van der Waals surface area contributed by atoms with Gasteiger partial charge in [0.2, 0.25) is 11.8 Å². The molecule has 0 aliphatic carbocycles. The van der Waals surface area contributed by atoms with Crippen LogP contribution in [0.15, 0.2) is 36.7 Å². The first-order chi connectivity index (χ1) is 16.9. The van der Waals surface area contributed by atoms with Crippen molar-refractivity contribution in [1.82, 2.24) is 15.2 Å². The Morgan fingerprint density at radius 1 is 1.17 bits per heavy atom. The molecule has 1 unspecified atom stereocenters. The fraction of sp³-hybridized carbons (Fsp3) is 0.517. The van der Waals surface area contributed by atoms with Crippen molar-refractivity contribution in [3.8, 4) is 11.1 Å². The zero-order chi connectivity index (χ0) is 26.6. The molecule has 0 bridgehead atoms. The van der Waals surface area contributed by atoms with E-state index >= 15 is 0 Å². The molecule has 0 spiro atoms. The molecule has 1 aliphatic heterocycles. The summed E-state index contributed by atoms with van der Waals surface area (Å²) in [5.41, 5.74) is 4.66. The third kappa shape index (κ3) is 6.71. The lowest BCUT2D eigenvalue weighted by Crippen LogP contribution is -2.55. The van der Waals surface area contributed by atoms with Gasteiger partial charge in [0.15, 0.2) is 0 Å². The molecule has 0 radical (unpaired) electrons.